The number of hydrogen-bond acceptors (Lipinski definition) is 3. The first-order valence-corrected chi connectivity index (χ1v) is 5.75. The fourth-order valence-electron chi connectivity index (χ4n) is 1.67. The first kappa shape index (κ1) is 13.7. The molecule has 0 radical (unpaired) electrons. The maximum atomic E-state index is 10.2. The van der Waals surface area contributed by atoms with Gasteiger partial charge in [-0.05, 0) is 25.0 Å². The van der Waals surface area contributed by atoms with Gasteiger partial charge in [0.05, 0.1) is 17.8 Å². The molecule has 1 saturated carbocycles. The normalized spacial score (nSPS) is 23.4. The molecule has 1 aromatic rings. The van der Waals surface area contributed by atoms with E-state index in [-0.39, 0.29) is 0 Å². The second-order valence-electron chi connectivity index (χ2n) is 4.09. The molecule has 4 nitrogen and oxygen atoms in total. The van der Waals surface area contributed by atoms with E-state index in [1.165, 1.54) is 0 Å². The minimum absolute atomic E-state index is 0.331. The highest BCUT2D eigenvalue weighted by atomic mass is 16.4. The highest BCUT2D eigenvalue weighted by Crippen LogP contribution is 2.17. The Morgan fingerprint density at radius 2 is 1.47 bits per heavy atom. The minimum Gasteiger partial charge on any atom is -0.478 e. The molecule has 94 valence electrons. The van der Waals surface area contributed by atoms with Gasteiger partial charge < -0.3 is 15.3 Å². The zero-order chi connectivity index (χ0) is 12.7. The fraction of sp³-hybridized carbons (Fsp3) is 0.462. The molecular weight excluding hydrogens is 220 g/mol. The van der Waals surface area contributed by atoms with Gasteiger partial charge in [0, 0.05) is 0 Å². The number of hydrogen-bond donors (Lipinski definition) is 3. The summed E-state index contributed by atoms with van der Waals surface area (Å²) >= 11 is 0. The molecule has 0 aromatic heterocycles. The number of aliphatic hydroxyl groups excluding tert-OH is 2. The van der Waals surface area contributed by atoms with E-state index in [1.54, 1.807) is 30.3 Å². The standard InChI is InChI=1S/C7H6O2.C6H12O2/c8-7(9)6-4-2-1-3-5-6;7-5-3-1-2-4-6(5)8/h1-5H,(H,8,9);5-8H,1-4H2. The van der Waals surface area contributed by atoms with Gasteiger partial charge in [-0.2, -0.15) is 0 Å². The molecular formula is C13H18O4. The van der Waals surface area contributed by atoms with E-state index in [9.17, 15) is 4.79 Å². The van der Waals surface area contributed by atoms with Crippen LogP contribution >= 0.6 is 0 Å². The van der Waals surface area contributed by atoms with Gasteiger partial charge in [0.25, 0.3) is 0 Å². The third-order valence-corrected chi connectivity index (χ3v) is 2.71. The van der Waals surface area contributed by atoms with E-state index in [4.69, 9.17) is 15.3 Å². The summed E-state index contributed by atoms with van der Waals surface area (Å²) in [6.45, 7) is 0. The van der Waals surface area contributed by atoms with Crippen LogP contribution in [0.3, 0.4) is 0 Å². The predicted octanol–water partition coefficient (Wildman–Crippen LogP) is 1.67. The lowest BCUT2D eigenvalue weighted by Crippen LogP contribution is -2.28. The average molecular weight is 238 g/mol. The van der Waals surface area contributed by atoms with Crippen LogP contribution in [0.1, 0.15) is 36.0 Å². The second kappa shape index (κ2) is 7.04. The smallest absolute Gasteiger partial charge is 0.335 e. The Labute approximate surface area is 101 Å². The van der Waals surface area contributed by atoms with E-state index in [0.717, 1.165) is 25.7 Å². The molecule has 3 N–H and O–H groups in total. The number of carboxylic acid groups (broad SMARTS) is 1. The summed E-state index contributed by atoms with van der Waals surface area (Å²) in [6.07, 6.45) is 2.81. The largest absolute Gasteiger partial charge is 0.478 e. The van der Waals surface area contributed by atoms with E-state index < -0.39 is 18.2 Å². The Morgan fingerprint density at radius 1 is 1.00 bits per heavy atom. The van der Waals surface area contributed by atoms with E-state index in [2.05, 4.69) is 0 Å². The maximum Gasteiger partial charge on any atom is 0.335 e. The van der Waals surface area contributed by atoms with Gasteiger partial charge in [0.15, 0.2) is 0 Å². The molecule has 2 unspecified atom stereocenters. The molecule has 0 aliphatic heterocycles. The number of carboxylic acids is 1. The van der Waals surface area contributed by atoms with Gasteiger partial charge in [-0.1, -0.05) is 31.0 Å². The predicted molar refractivity (Wildman–Crippen MR) is 63.9 cm³/mol. The lowest BCUT2D eigenvalue weighted by molar-refractivity contribution is -0.00865. The second-order valence-corrected chi connectivity index (χ2v) is 4.09. The Bertz CT molecular complexity index is 327. The first-order chi connectivity index (χ1) is 8.11. The molecule has 0 heterocycles. The van der Waals surface area contributed by atoms with Crippen molar-refractivity contribution < 1.29 is 20.1 Å². The Hall–Kier alpha value is -1.39. The Kier molecular flexibility index (Phi) is 5.66. The van der Waals surface area contributed by atoms with Gasteiger partial charge in [-0.15, -0.1) is 0 Å². The van der Waals surface area contributed by atoms with Crippen LogP contribution in [-0.2, 0) is 0 Å². The van der Waals surface area contributed by atoms with Crippen molar-refractivity contribution in [3.63, 3.8) is 0 Å². The van der Waals surface area contributed by atoms with E-state index in [0.29, 0.717) is 5.56 Å². The van der Waals surface area contributed by atoms with E-state index in [1.807, 2.05) is 0 Å². The van der Waals surface area contributed by atoms with Crippen LogP contribution < -0.4 is 0 Å². The van der Waals surface area contributed by atoms with Crippen LogP contribution in [0.2, 0.25) is 0 Å². The summed E-state index contributed by atoms with van der Waals surface area (Å²) in [7, 11) is 0. The van der Waals surface area contributed by atoms with Crippen molar-refractivity contribution in [2.75, 3.05) is 0 Å². The third kappa shape index (κ3) is 4.97. The molecule has 1 aromatic carbocycles. The molecule has 1 aliphatic carbocycles. The number of aromatic carboxylic acids is 1. The van der Waals surface area contributed by atoms with Crippen LogP contribution in [0, 0.1) is 0 Å². The summed E-state index contributed by atoms with van der Waals surface area (Å²) in [6, 6.07) is 8.30. The van der Waals surface area contributed by atoms with Crippen molar-refractivity contribution in [3.8, 4) is 0 Å². The minimum atomic E-state index is -0.879. The van der Waals surface area contributed by atoms with Crippen LogP contribution in [0.5, 0.6) is 0 Å². The molecule has 1 aliphatic rings. The van der Waals surface area contributed by atoms with Crippen molar-refractivity contribution >= 4 is 5.97 Å². The molecule has 1 fully saturated rings. The first-order valence-electron chi connectivity index (χ1n) is 5.75. The van der Waals surface area contributed by atoms with Crippen LogP contribution in [-0.4, -0.2) is 33.5 Å². The maximum absolute atomic E-state index is 10.2. The lowest BCUT2D eigenvalue weighted by Gasteiger charge is -2.22. The van der Waals surface area contributed by atoms with Crippen molar-refractivity contribution in [1.29, 1.82) is 0 Å². The van der Waals surface area contributed by atoms with Crippen molar-refractivity contribution in [1.82, 2.24) is 0 Å². The Balaban J connectivity index is 0.000000171. The van der Waals surface area contributed by atoms with Crippen molar-refractivity contribution in [2.45, 2.75) is 37.9 Å². The molecule has 0 saturated heterocycles. The SMILES string of the molecule is O=C(O)c1ccccc1.OC1CCCCC1O. The molecule has 2 rings (SSSR count). The van der Waals surface area contributed by atoms with Crippen molar-refractivity contribution in [3.05, 3.63) is 35.9 Å². The summed E-state index contributed by atoms with van der Waals surface area (Å²) in [4.78, 5) is 10.2. The lowest BCUT2D eigenvalue weighted by atomic mass is 9.95. The quantitative estimate of drug-likeness (QED) is 0.695. The topological polar surface area (TPSA) is 77.8 Å². The molecule has 0 amide bonds. The monoisotopic (exact) mass is 238 g/mol. The molecule has 2 atom stereocenters. The van der Waals surface area contributed by atoms with Crippen molar-refractivity contribution in [2.24, 2.45) is 0 Å². The number of benzene rings is 1. The highest BCUT2D eigenvalue weighted by molar-refractivity contribution is 5.87. The van der Waals surface area contributed by atoms with Crippen LogP contribution in [0.4, 0.5) is 0 Å². The highest BCUT2D eigenvalue weighted by Gasteiger charge is 2.19. The molecule has 17 heavy (non-hydrogen) atoms. The summed E-state index contributed by atoms with van der Waals surface area (Å²) in [5.74, 6) is -0.879. The summed E-state index contributed by atoms with van der Waals surface area (Å²) < 4.78 is 0. The summed E-state index contributed by atoms with van der Waals surface area (Å²) in [5, 5.41) is 26.2. The van der Waals surface area contributed by atoms with Gasteiger partial charge in [0.2, 0.25) is 0 Å². The number of rotatable bonds is 1. The zero-order valence-corrected chi connectivity index (χ0v) is 9.62. The zero-order valence-electron chi connectivity index (χ0n) is 9.62. The van der Waals surface area contributed by atoms with Gasteiger partial charge >= 0.3 is 5.97 Å². The van der Waals surface area contributed by atoms with E-state index >= 15 is 0 Å². The fourth-order valence-corrected chi connectivity index (χ4v) is 1.67. The number of carbonyl (C=O) groups is 1. The molecule has 0 bridgehead atoms. The molecule has 0 spiro atoms. The van der Waals surface area contributed by atoms with Gasteiger partial charge in [0.1, 0.15) is 0 Å². The average Bonchev–Trinajstić information content (AvgIpc) is 2.35. The third-order valence-electron chi connectivity index (χ3n) is 2.71. The van der Waals surface area contributed by atoms with Crippen LogP contribution in [0.25, 0.3) is 0 Å². The van der Waals surface area contributed by atoms with Gasteiger partial charge in [-0.25, -0.2) is 4.79 Å². The number of aliphatic hydroxyl groups is 2. The Morgan fingerprint density at radius 3 is 1.76 bits per heavy atom. The van der Waals surface area contributed by atoms with Crippen LogP contribution in [0.15, 0.2) is 30.3 Å². The molecule has 4 heteroatoms. The summed E-state index contributed by atoms with van der Waals surface area (Å²) in [5.41, 5.74) is 0.331. The van der Waals surface area contributed by atoms with Gasteiger partial charge in [-0.3, -0.25) is 0 Å².